The summed E-state index contributed by atoms with van der Waals surface area (Å²) in [7, 11) is 0. The molecule has 0 saturated carbocycles. The number of benzene rings is 1. The van der Waals surface area contributed by atoms with Gasteiger partial charge in [0.05, 0.1) is 28.2 Å². The van der Waals surface area contributed by atoms with Crippen molar-refractivity contribution in [2.45, 2.75) is 13.8 Å². The van der Waals surface area contributed by atoms with E-state index in [0.717, 1.165) is 0 Å². The normalized spacial score (nSPS) is 13.5. The average Bonchev–Trinajstić information content (AvgIpc) is 3.03. The minimum atomic E-state index is -0.353. The van der Waals surface area contributed by atoms with Crippen LogP contribution >= 0.6 is 11.6 Å². The second-order valence-electron chi connectivity index (χ2n) is 5.64. The van der Waals surface area contributed by atoms with Gasteiger partial charge in [-0.05, 0) is 38.1 Å². The molecule has 0 unspecified atom stereocenters. The van der Waals surface area contributed by atoms with Crippen LogP contribution in [0.1, 0.15) is 32.1 Å². The lowest BCUT2D eigenvalue weighted by atomic mass is 10.1. The summed E-state index contributed by atoms with van der Waals surface area (Å²) in [6.07, 6.45) is 0. The number of aryl methyl sites for hydroxylation is 1. The Kier molecular flexibility index (Phi) is 3.40. The van der Waals surface area contributed by atoms with Crippen LogP contribution < -0.4 is 4.90 Å². The number of nitrogens with zero attached hydrogens (tertiary/aromatic N) is 5. The molecule has 0 spiro atoms. The highest BCUT2D eigenvalue weighted by Crippen LogP contribution is 2.33. The molecule has 0 radical (unpaired) electrons. The van der Waals surface area contributed by atoms with E-state index in [1.165, 1.54) is 9.58 Å². The van der Waals surface area contributed by atoms with Gasteiger partial charge >= 0.3 is 0 Å². The number of fused-ring (bicyclic) bond motifs is 1. The predicted octanol–water partition coefficient (Wildman–Crippen LogP) is 2.73. The predicted molar refractivity (Wildman–Crippen MR) is 91.2 cm³/mol. The number of rotatable bonds is 2. The van der Waals surface area contributed by atoms with E-state index < -0.39 is 0 Å². The van der Waals surface area contributed by atoms with Gasteiger partial charge in [0.25, 0.3) is 11.8 Å². The van der Waals surface area contributed by atoms with Crippen LogP contribution in [0.5, 0.6) is 0 Å². The zero-order chi connectivity index (χ0) is 17.7. The van der Waals surface area contributed by atoms with Crippen LogP contribution in [-0.4, -0.2) is 31.8 Å². The molecule has 0 fully saturated rings. The van der Waals surface area contributed by atoms with Crippen LogP contribution in [0.3, 0.4) is 0 Å². The monoisotopic (exact) mass is 353 g/mol. The second-order valence-corrected chi connectivity index (χ2v) is 6.02. The summed E-state index contributed by atoms with van der Waals surface area (Å²) in [6, 6.07) is 10.0. The molecule has 8 heteroatoms. The number of anilines is 1. The molecule has 1 aliphatic rings. The van der Waals surface area contributed by atoms with Crippen molar-refractivity contribution >= 4 is 29.1 Å². The molecule has 0 bridgehead atoms. The number of carbonyl (C=O) groups is 2. The minimum absolute atomic E-state index is 0.269. The molecule has 3 aromatic rings. The summed E-state index contributed by atoms with van der Waals surface area (Å²) in [5, 5.41) is 12.5. The largest absolute Gasteiger partial charge is 0.268 e. The number of hydrogen-bond donors (Lipinski definition) is 0. The van der Waals surface area contributed by atoms with Gasteiger partial charge in [0.1, 0.15) is 0 Å². The zero-order valence-corrected chi connectivity index (χ0v) is 14.2. The number of hydrogen-bond acceptors (Lipinski definition) is 5. The van der Waals surface area contributed by atoms with Gasteiger partial charge in [-0.1, -0.05) is 23.7 Å². The van der Waals surface area contributed by atoms with Gasteiger partial charge in [-0.2, -0.15) is 5.10 Å². The lowest BCUT2D eigenvalue weighted by Crippen LogP contribution is -2.30. The third-order valence-electron chi connectivity index (χ3n) is 4.11. The standard InChI is InChI=1S/C17H12ClN5O2/c1-9-15(10(2)23(21-9)14-8-7-13(18)19-20-14)22-16(24)11-5-3-4-6-12(11)17(22)25/h3-8H,1-2H3. The van der Waals surface area contributed by atoms with Crippen molar-refractivity contribution in [3.8, 4) is 5.82 Å². The van der Waals surface area contributed by atoms with Gasteiger partial charge in [-0.25, -0.2) is 9.58 Å². The SMILES string of the molecule is Cc1nn(-c2ccc(Cl)nn2)c(C)c1N1C(=O)c2ccccc2C1=O. The van der Waals surface area contributed by atoms with Crippen LogP contribution in [0.2, 0.25) is 5.15 Å². The molecule has 1 aromatic carbocycles. The summed E-state index contributed by atoms with van der Waals surface area (Å²) < 4.78 is 1.54. The molecule has 0 aliphatic carbocycles. The zero-order valence-electron chi connectivity index (χ0n) is 13.4. The fraction of sp³-hybridized carbons (Fsp3) is 0.118. The van der Waals surface area contributed by atoms with E-state index in [1.54, 1.807) is 50.2 Å². The summed E-state index contributed by atoms with van der Waals surface area (Å²) >= 11 is 5.77. The summed E-state index contributed by atoms with van der Waals surface area (Å²) in [5.41, 5.74) is 2.41. The van der Waals surface area contributed by atoms with Crippen molar-refractivity contribution in [2.24, 2.45) is 0 Å². The van der Waals surface area contributed by atoms with Crippen molar-refractivity contribution < 1.29 is 9.59 Å². The molecule has 7 nitrogen and oxygen atoms in total. The maximum absolute atomic E-state index is 12.7. The minimum Gasteiger partial charge on any atom is -0.268 e. The van der Waals surface area contributed by atoms with Crippen molar-refractivity contribution in [3.05, 3.63) is 64.1 Å². The van der Waals surface area contributed by atoms with Crippen molar-refractivity contribution in [3.63, 3.8) is 0 Å². The van der Waals surface area contributed by atoms with Gasteiger partial charge in [0.2, 0.25) is 0 Å². The maximum Gasteiger partial charge on any atom is 0.266 e. The van der Waals surface area contributed by atoms with Gasteiger partial charge in [0, 0.05) is 0 Å². The second kappa shape index (κ2) is 5.49. The molecule has 2 amide bonds. The summed E-state index contributed by atoms with van der Waals surface area (Å²) in [5.74, 6) is -0.255. The highest BCUT2D eigenvalue weighted by atomic mass is 35.5. The van der Waals surface area contributed by atoms with E-state index >= 15 is 0 Å². The van der Waals surface area contributed by atoms with E-state index in [4.69, 9.17) is 11.6 Å². The van der Waals surface area contributed by atoms with E-state index in [0.29, 0.717) is 34.0 Å². The number of imide groups is 1. The maximum atomic E-state index is 12.7. The Balaban J connectivity index is 1.84. The Labute approximate surface area is 147 Å². The Morgan fingerprint density at radius 2 is 1.56 bits per heavy atom. The first-order valence-corrected chi connectivity index (χ1v) is 7.90. The summed E-state index contributed by atoms with van der Waals surface area (Å²) in [6.45, 7) is 3.51. The van der Waals surface area contributed by atoms with Gasteiger partial charge in [-0.15, -0.1) is 10.2 Å². The Morgan fingerprint density at radius 3 is 2.12 bits per heavy atom. The average molecular weight is 354 g/mol. The Morgan fingerprint density at radius 1 is 0.920 bits per heavy atom. The fourth-order valence-electron chi connectivity index (χ4n) is 3.00. The highest BCUT2D eigenvalue weighted by molar-refractivity contribution is 6.34. The van der Waals surface area contributed by atoms with E-state index in [1.807, 2.05) is 0 Å². The first-order valence-electron chi connectivity index (χ1n) is 7.52. The van der Waals surface area contributed by atoms with Crippen molar-refractivity contribution in [1.29, 1.82) is 0 Å². The number of halogens is 1. The fourth-order valence-corrected chi connectivity index (χ4v) is 3.10. The lowest BCUT2D eigenvalue weighted by Gasteiger charge is -2.14. The van der Waals surface area contributed by atoms with E-state index in [9.17, 15) is 9.59 Å². The van der Waals surface area contributed by atoms with Gasteiger partial charge in [-0.3, -0.25) is 9.59 Å². The first-order chi connectivity index (χ1) is 12.0. The van der Waals surface area contributed by atoms with Crippen LogP contribution in [0.15, 0.2) is 36.4 Å². The number of amides is 2. The quantitative estimate of drug-likeness (QED) is 0.662. The van der Waals surface area contributed by atoms with Crippen molar-refractivity contribution in [2.75, 3.05) is 4.90 Å². The molecule has 3 heterocycles. The molecule has 0 atom stereocenters. The Hall–Kier alpha value is -3.06. The molecule has 25 heavy (non-hydrogen) atoms. The molecular weight excluding hydrogens is 342 g/mol. The molecule has 1 aliphatic heterocycles. The third kappa shape index (κ3) is 2.24. The van der Waals surface area contributed by atoms with Crippen LogP contribution in [0.4, 0.5) is 5.69 Å². The molecular formula is C17H12ClN5O2. The van der Waals surface area contributed by atoms with Gasteiger partial charge in [0.15, 0.2) is 11.0 Å². The van der Waals surface area contributed by atoms with E-state index in [-0.39, 0.29) is 17.0 Å². The Bertz CT molecular complexity index is 991. The number of aromatic nitrogens is 4. The van der Waals surface area contributed by atoms with Crippen LogP contribution in [0, 0.1) is 13.8 Å². The van der Waals surface area contributed by atoms with Crippen molar-refractivity contribution in [1.82, 2.24) is 20.0 Å². The molecule has 4 rings (SSSR count). The highest BCUT2D eigenvalue weighted by Gasteiger charge is 2.39. The lowest BCUT2D eigenvalue weighted by molar-refractivity contribution is 0.0925. The van der Waals surface area contributed by atoms with E-state index in [2.05, 4.69) is 15.3 Å². The topological polar surface area (TPSA) is 81.0 Å². The number of carbonyl (C=O) groups excluding carboxylic acids is 2. The van der Waals surface area contributed by atoms with Gasteiger partial charge < -0.3 is 0 Å². The van der Waals surface area contributed by atoms with Crippen LogP contribution in [-0.2, 0) is 0 Å². The molecule has 0 N–H and O–H groups in total. The van der Waals surface area contributed by atoms with Crippen LogP contribution in [0.25, 0.3) is 5.82 Å². The third-order valence-corrected chi connectivity index (χ3v) is 4.31. The molecule has 2 aromatic heterocycles. The molecule has 0 saturated heterocycles. The first kappa shape index (κ1) is 15.5. The molecule has 124 valence electrons. The summed E-state index contributed by atoms with van der Waals surface area (Å²) in [4.78, 5) is 26.6. The smallest absolute Gasteiger partial charge is 0.266 e.